The minimum absolute atomic E-state index is 0.141. The second kappa shape index (κ2) is 9.24. The number of likely N-dealkylation sites (N-methyl/N-ethyl adjacent to an activating group) is 1. The van der Waals surface area contributed by atoms with E-state index in [1.54, 1.807) is 12.1 Å². The van der Waals surface area contributed by atoms with Crippen molar-refractivity contribution in [1.82, 2.24) is 14.8 Å². The fourth-order valence-corrected chi connectivity index (χ4v) is 3.85. The maximum Gasteiger partial charge on any atom is 0.339 e. The second-order valence-corrected chi connectivity index (χ2v) is 7.76. The van der Waals surface area contributed by atoms with Gasteiger partial charge in [-0.1, -0.05) is 30.3 Å². The SMILES string of the molecule is COC(=O)c1ccc(C(C(=O)Nc2ccc3ccccc3c2)N2CCN(C)CC2)nc1. The third-order valence-electron chi connectivity index (χ3n) is 5.66. The highest BCUT2D eigenvalue weighted by Crippen LogP contribution is 2.25. The molecule has 0 radical (unpaired) electrons. The minimum Gasteiger partial charge on any atom is -0.465 e. The lowest BCUT2D eigenvalue weighted by Gasteiger charge is -2.36. The van der Waals surface area contributed by atoms with E-state index < -0.39 is 12.0 Å². The Labute approximate surface area is 181 Å². The topological polar surface area (TPSA) is 74.8 Å². The summed E-state index contributed by atoms with van der Waals surface area (Å²) in [6.45, 7) is 3.26. The molecule has 2 aromatic carbocycles. The Balaban J connectivity index is 1.61. The van der Waals surface area contributed by atoms with E-state index >= 15 is 0 Å². The van der Waals surface area contributed by atoms with Gasteiger partial charge >= 0.3 is 5.97 Å². The van der Waals surface area contributed by atoms with Crippen LogP contribution in [0.2, 0.25) is 0 Å². The van der Waals surface area contributed by atoms with Gasteiger partial charge in [-0.25, -0.2) is 4.79 Å². The third-order valence-corrected chi connectivity index (χ3v) is 5.66. The van der Waals surface area contributed by atoms with Crippen LogP contribution in [-0.2, 0) is 9.53 Å². The van der Waals surface area contributed by atoms with Crippen LogP contribution in [-0.4, -0.2) is 67.0 Å². The number of nitrogens with zero attached hydrogens (tertiary/aromatic N) is 3. The lowest BCUT2D eigenvalue weighted by atomic mass is 10.1. The molecule has 1 N–H and O–H groups in total. The quantitative estimate of drug-likeness (QED) is 0.642. The molecule has 1 fully saturated rings. The maximum atomic E-state index is 13.4. The van der Waals surface area contributed by atoms with Crippen molar-refractivity contribution in [2.24, 2.45) is 0 Å². The highest BCUT2D eigenvalue weighted by Gasteiger charge is 2.31. The fourth-order valence-electron chi connectivity index (χ4n) is 3.85. The molecule has 1 aliphatic heterocycles. The number of pyridine rings is 1. The third kappa shape index (κ3) is 4.73. The highest BCUT2D eigenvalue weighted by molar-refractivity contribution is 5.97. The number of rotatable bonds is 5. The van der Waals surface area contributed by atoms with Crippen molar-refractivity contribution in [3.05, 3.63) is 72.1 Å². The van der Waals surface area contributed by atoms with Crippen LogP contribution in [0.4, 0.5) is 5.69 Å². The summed E-state index contributed by atoms with van der Waals surface area (Å²) in [7, 11) is 3.41. The molecule has 0 bridgehead atoms. The molecule has 1 atom stereocenters. The zero-order valence-electron chi connectivity index (χ0n) is 17.7. The number of anilines is 1. The number of amides is 1. The van der Waals surface area contributed by atoms with Crippen molar-refractivity contribution in [2.45, 2.75) is 6.04 Å². The smallest absolute Gasteiger partial charge is 0.339 e. The average molecular weight is 418 g/mol. The summed E-state index contributed by atoms with van der Waals surface area (Å²) in [5, 5.41) is 5.25. The van der Waals surface area contributed by atoms with Gasteiger partial charge in [-0.05, 0) is 42.1 Å². The molecule has 1 unspecified atom stereocenters. The number of carbonyl (C=O) groups excluding carboxylic acids is 2. The molecular weight excluding hydrogens is 392 g/mol. The molecule has 160 valence electrons. The molecule has 1 aromatic heterocycles. The fraction of sp³-hybridized carbons (Fsp3) is 0.292. The van der Waals surface area contributed by atoms with Crippen LogP contribution in [0.25, 0.3) is 10.8 Å². The molecule has 31 heavy (non-hydrogen) atoms. The van der Waals surface area contributed by atoms with E-state index in [2.05, 4.69) is 27.1 Å². The number of hydrogen-bond acceptors (Lipinski definition) is 6. The Morgan fingerprint density at radius 1 is 1.00 bits per heavy atom. The van der Waals surface area contributed by atoms with Crippen molar-refractivity contribution in [3.8, 4) is 0 Å². The zero-order chi connectivity index (χ0) is 21.8. The van der Waals surface area contributed by atoms with Crippen LogP contribution < -0.4 is 5.32 Å². The van der Waals surface area contributed by atoms with Gasteiger partial charge < -0.3 is 15.0 Å². The van der Waals surface area contributed by atoms with Crippen molar-refractivity contribution in [3.63, 3.8) is 0 Å². The van der Waals surface area contributed by atoms with Gasteiger partial charge in [-0.3, -0.25) is 14.7 Å². The van der Waals surface area contributed by atoms with Gasteiger partial charge in [0.05, 0.1) is 18.4 Å². The van der Waals surface area contributed by atoms with E-state index in [0.29, 0.717) is 11.3 Å². The van der Waals surface area contributed by atoms with Crippen LogP contribution >= 0.6 is 0 Å². The van der Waals surface area contributed by atoms with E-state index in [4.69, 9.17) is 4.74 Å². The summed E-state index contributed by atoms with van der Waals surface area (Å²) in [6, 6.07) is 16.8. The van der Waals surface area contributed by atoms with E-state index in [1.165, 1.54) is 13.3 Å². The molecule has 7 heteroatoms. The number of methoxy groups -OCH3 is 1. The second-order valence-electron chi connectivity index (χ2n) is 7.76. The first-order chi connectivity index (χ1) is 15.0. The molecule has 7 nitrogen and oxygen atoms in total. The van der Waals surface area contributed by atoms with Gasteiger partial charge in [0.1, 0.15) is 6.04 Å². The van der Waals surface area contributed by atoms with Crippen molar-refractivity contribution >= 4 is 28.3 Å². The molecular formula is C24H26N4O3. The number of esters is 1. The van der Waals surface area contributed by atoms with Gasteiger partial charge in [-0.2, -0.15) is 0 Å². The predicted molar refractivity (Wildman–Crippen MR) is 120 cm³/mol. The Morgan fingerprint density at radius 2 is 1.74 bits per heavy atom. The van der Waals surface area contributed by atoms with Crippen LogP contribution in [0.15, 0.2) is 60.8 Å². The van der Waals surface area contributed by atoms with Crippen molar-refractivity contribution in [2.75, 3.05) is 45.7 Å². The summed E-state index contributed by atoms with van der Waals surface area (Å²) < 4.78 is 4.75. The molecule has 1 saturated heterocycles. The number of nitrogens with one attached hydrogen (secondary N) is 1. The van der Waals surface area contributed by atoms with E-state index in [1.807, 2.05) is 42.5 Å². The van der Waals surface area contributed by atoms with Crippen molar-refractivity contribution < 1.29 is 14.3 Å². The molecule has 0 saturated carbocycles. The molecule has 0 spiro atoms. The summed E-state index contributed by atoms with van der Waals surface area (Å²) in [5.41, 5.74) is 1.71. The number of benzene rings is 2. The molecule has 3 aromatic rings. The van der Waals surface area contributed by atoms with E-state index in [9.17, 15) is 9.59 Å². The molecule has 1 aliphatic rings. The number of ether oxygens (including phenoxy) is 1. The van der Waals surface area contributed by atoms with Gasteiger partial charge in [0.2, 0.25) is 5.91 Å². The van der Waals surface area contributed by atoms with Crippen molar-refractivity contribution in [1.29, 1.82) is 0 Å². The van der Waals surface area contributed by atoms with E-state index in [-0.39, 0.29) is 5.91 Å². The first-order valence-corrected chi connectivity index (χ1v) is 10.3. The Morgan fingerprint density at radius 3 is 2.42 bits per heavy atom. The largest absolute Gasteiger partial charge is 0.465 e. The molecule has 4 rings (SSSR count). The maximum absolute atomic E-state index is 13.4. The zero-order valence-corrected chi connectivity index (χ0v) is 17.7. The monoisotopic (exact) mass is 418 g/mol. The summed E-state index contributed by atoms with van der Waals surface area (Å²) in [5.74, 6) is -0.589. The molecule has 0 aliphatic carbocycles. The lowest BCUT2D eigenvalue weighted by molar-refractivity contribution is -0.122. The van der Waals surface area contributed by atoms with Crippen LogP contribution in [0.1, 0.15) is 22.1 Å². The number of piperazine rings is 1. The van der Waals surface area contributed by atoms with Crippen LogP contribution in [0, 0.1) is 0 Å². The predicted octanol–water partition coefficient (Wildman–Crippen LogP) is 2.95. The van der Waals surface area contributed by atoms with Gasteiger partial charge in [-0.15, -0.1) is 0 Å². The Hall–Kier alpha value is -3.29. The first kappa shape index (κ1) is 21.0. The number of carbonyl (C=O) groups is 2. The van der Waals surface area contributed by atoms with Gasteiger partial charge in [0.25, 0.3) is 0 Å². The summed E-state index contributed by atoms with van der Waals surface area (Å²) in [6.07, 6.45) is 1.47. The first-order valence-electron chi connectivity index (χ1n) is 10.3. The Bertz CT molecular complexity index is 1080. The lowest BCUT2D eigenvalue weighted by Crippen LogP contribution is -2.49. The van der Waals surface area contributed by atoms with E-state index in [0.717, 1.165) is 42.6 Å². The standard InChI is InChI=1S/C24H26N4O3/c1-27-11-13-28(14-12-27)22(21-10-8-19(16-25-21)24(30)31-2)23(29)26-20-9-7-17-5-3-4-6-18(17)15-20/h3-10,15-16,22H,11-14H2,1-2H3,(H,26,29). The van der Waals surface area contributed by atoms with Crippen LogP contribution in [0.5, 0.6) is 0 Å². The average Bonchev–Trinajstić information content (AvgIpc) is 2.80. The highest BCUT2D eigenvalue weighted by atomic mass is 16.5. The normalized spacial score (nSPS) is 16.1. The molecule has 2 heterocycles. The summed E-state index contributed by atoms with van der Waals surface area (Å²) >= 11 is 0. The Kier molecular flexibility index (Phi) is 6.25. The summed E-state index contributed by atoms with van der Waals surface area (Å²) in [4.78, 5) is 34.0. The van der Waals surface area contributed by atoms with Crippen LogP contribution in [0.3, 0.4) is 0 Å². The number of hydrogen-bond donors (Lipinski definition) is 1. The number of fused-ring (bicyclic) bond motifs is 1. The number of aromatic nitrogens is 1. The minimum atomic E-state index is -0.549. The van der Waals surface area contributed by atoms with Gasteiger partial charge in [0, 0.05) is 38.1 Å². The van der Waals surface area contributed by atoms with Gasteiger partial charge in [0.15, 0.2) is 0 Å². The molecule has 1 amide bonds.